The van der Waals surface area contributed by atoms with Gasteiger partial charge in [-0.3, -0.25) is 9.48 Å². The third-order valence-corrected chi connectivity index (χ3v) is 4.29. The van der Waals surface area contributed by atoms with E-state index in [1.807, 2.05) is 44.3 Å². The highest BCUT2D eigenvalue weighted by molar-refractivity contribution is 6.07. The minimum atomic E-state index is -1.04. The van der Waals surface area contributed by atoms with Gasteiger partial charge in [-0.1, -0.05) is 17.3 Å². The zero-order chi connectivity index (χ0) is 18.0. The van der Waals surface area contributed by atoms with E-state index in [-0.39, 0.29) is 5.91 Å². The van der Waals surface area contributed by atoms with E-state index in [1.165, 1.54) is 0 Å². The summed E-state index contributed by atoms with van der Waals surface area (Å²) in [5.41, 5.74) is 2.34. The summed E-state index contributed by atoms with van der Waals surface area (Å²) < 4.78 is 7.11. The molecule has 2 aromatic rings. The highest BCUT2D eigenvalue weighted by Gasteiger charge is 2.42. The SMILES string of the molecule is COc1ccccc1C1=NO[C@@](C)(C(=O)NCc2cc(C)nn2C)C1. The van der Waals surface area contributed by atoms with Crippen molar-refractivity contribution in [2.24, 2.45) is 12.2 Å². The van der Waals surface area contributed by atoms with Crippen molar-refractivity contribution in [3.8, 4) is 5.75 Å². The maximum Gasteiger partial charge on any atom is 0.267 e. The van der Waals surface area contributed by atoms with Crippen LogP contribution in [0.2, 0.25) is 0 Å². The fraction of sp³-hybridized carbons (Fsp3) is 0.389. The van der Waals surface area contributed by atoms with Crippen molar-refractivity contribution in [1.29, 1.82) is 0 Å². The lowest BCUT2D eigenvalue weighted by Gasteiger charge is -2.20. The molecule has 1 aromatic heterocycles. The number of methoxy groups -OCH3 is 1. The number of rotatable bonds is 5. The first-order valence-electron chi connectivity index (χ1n) is 8.09. The van der Waals surface area contributed by atoms with Gasteiger partial charge < -0.3 is 14.9 Å². The van der Waals surface area contributed by atoms with Crippen molar-refractivity contribution in [2.45, 2.75) is 32.4 Å². The van der Waals surface area contributed by atoms with Gasteiger partial charge in [0.2, 0.25) is 5.60 Å². The molecule has 1 aromatic carbocycles. The summed E-state index contributed by atoms with van der Waals surface area (Å²) in [5, 5.41) is 11.3. The minimum absolute atomic E-state index is 0.208. The molecule has 7 nitrogen and oxygen atoms in total. The molecule has 1 N–H and O–H groups in total. The zero-order valence-corrected chi connectivity index (χ0v) is 14.9. The molecule has 3 rings (SSSR count). The number of carbonyl (C=O) groups excluding carboxylic acids is 1. The molecular formula is C18H22N4O3. The maximum atomic E-state index is 12.6. The fourth-order valence-corrected chi connectivity index (χ4v) is 2.88. The van der Waals surface area contributed by atoms with Crippen LogP contribution in [0.15, 0.2) is 35.5 Å². The number of para-hydroxylation sites is 1. The lowest BCUT2D eigenvalue weighted by molar-refractivity contribution is -0.141. The summed E-state index contributed by atoms with van der Waals surface area (Å²) in [7, 11) is 3.46. The molecule has 0 spiro atoms. The third-order valence-electron chi connectivity index (χ3n) is 4.29. The molecule has 25 heavy (non-hydrogen) atoms. The molecule has 0 unspecified atom stereocenters. The molecule has 0 aliphatic carbocycles. The van der Waals surface area contributed by atoms with Crippen LogP contribution in [0.4, 0.5) is 0 Å². The molecule has 0 saturated carbocycles. The monoisotopic (exact) mass is 342 g/mol. The van der Waals surface area contributed by atoms with Gasteiger partial charge in [0.15, 0.2) is 0 Å². The first-order valence-corrected chi connectivity index (χ1v) is 8.09. The molecule has 7 heteroatoms. The van der Waals surface area contributed by atoms with Crippen LogP contribution in [-0.4, -0.2) is 34.1 Å². The van der Waals surface area contributed by atoms with Gasteiger partial charge in [-0.05, 0) is 32.0 Å². The quantitative estimate of drug-likeness (QED) is 0.901. The largest absolute Gasteiger partial charge is 0.496 e. The van der Waals surface area contributed by atoms with Crippen LogP contribution >= 0.6 is 0 Å². The topological polar surface area (TPSA) is 77.7 Å². The first kappa shape index (κ1) is 17.0. The van der Waals surface area contributed by atoms with E-state index < -0.39 is 5.60 Å². The zero-order valence-electron chi connectivity index (χ0n) is 14.9. The van der Waals surface area contributed by atoms with Gasteiger partial charge in [-0.2, -0.15) is 5.10 Å². The lowest BCUT2D eigenvalue weighted by atomic mass is 9.94. The van der Waals surface area contributed by atoms with Crippen molar-refractivity contribution in [3.05, 3.63) is 47.3 Å². The number of benzene rings is 1. The summed E-state index contributed by atoms with van der Waals surface area (Å²) in [6, 6.07) is 9.50. The van der Waals surface area contributed by atoms with Crippen molar-refractivity contribution in [1.82, 2.24) is 15.1 Å². The maximum absolute atomic E-state index is 12.6. The van der Waals surface area contributed by atoms with Crippen LogP contribution in [-0.2, 0) is 23.2 Å². The molecule has 0 fully saturated rings. The molecule has 1 atom stereocenters. The summed E-state index contributed by atoms with van der Waals surface area (Å²) >= 11 is 0. The van der Waals surface area contributed by atoms with Gasteiger partial charge in [0.1, 0.15) is 5.75 Å². The van der Waals surface area contributed by atoms with Crippen molar-refractivity contribution < 1.29 is 14.4 Å². The number of nitrogens with zero attached hydrogens (tertiary/aromatic N) is 3. The number of carbonyl (C=O) groups is 1. The van der Waals surface area contributed by atoms with Crippen LogP contribution in [0.25, 0.3) is 0 Å². The van der Waals surface area contributed by atoms with Crippen molar-refractivity contribution in [2.75, 3.05) is 7.11 Å². The summed E-state index contributed by atoms with van der Waals surface area (Å²) in [6.07, 6.45) is 0.379. The number of nitrogens with one attached hydrogen (secondary N) is 1. The van der Waals surface area contributed by atoms with Crippen molar-refractivity contribution in [3.63, 3.8) is 0 Å². The normalized spacial score (nSPS) is 19.3. The highest BCUT2D eigenvalue weighted by Crippen LogP contribution is 2.30. The van der Waals surface area contributed by atoms with Crippen LogP contribution in [0.1, 0.15) is 30.3 Å². The predicted molar refractivity (Wildman–Crippen MR) is 93.4 cm³/mol. The average molecular weight is 342 g/mol. The molecular weight excluding hydrogens is 320 g/mol. The Labute approximate surface area is 146 Å². The number of aromatic nitrogens is 2. The molecule has 1 amide bonds. The summed E-state index contributed by atoms with van der Waals surface area (Å²) in [4.78, 5) is 18.1. The van der Waals surface area contributed by atoms with E-state index in [0.29, 0.717) is 24.4 Å². The molecule has 1 aliphatic rings. The standard InChI is InChI=1S/C18H22N4O3/c1-12-9-13(22(3)20-12)11-19-17(23)18(2)10-15(21-25-18)14-7-5-6-8-16(14)24-4/h5-9H,10-11H2,1-4H3,(H,19,23)/t18-/m1/s1. The number of ether oxygens (including phenoxy) is 1. The predicted octanol–water partition coefficient (Wildman–Crippen LogP) is 1.94. The Morgan fingerprint density at radius 1 is 1.44 bits per heavy atom. The van der Waals surface area contributed by atoms with E-state index in [4.69, 9.17) is 9.57 Å². The Hall–Kier alpha value is -2.83. The van der Waals surface area contributed by atoms with Crippen molar-refractivity contribution >= 4 is 11.6 Å². The van der Waals surface area contributed by atoms with Crippen LogP contribution in [0.3, 0.4) is 0 Å². The Morgan fingerprint density at radius 2 is 2.20 bits per heavy atom. The van der Waals surface area contributed by atoms with Gasteiger partial charge in [-0.25, -0.2) is 0 Å². The second kappa shape index (κ2) is 6.58. The number of aryl methyl sites for hydroxylation is 2. The number of oxime groups is 1. The first-order chi connectivity index (χ1) is 11.9. The van der Waals surface area contributed by atoms with Crippen LogP contribution < -0.4 is 10.1 Å². The molecule has 0 radical (unpaired) electrons. The number of hydrogen-bond donors (Lipinski definition) is 1. The molecule has 132 valence electrons. The molecule has 1 aliphatic heterocycles. The second-order valence-electron chi connectivity index (χ2n) is 6.32. The highest BCUT2D eigenvalue weighted by atomic mass is 16.7. The number of amides is 1. The van der Waals surface area contributed by atoms with Gasteiger partial charge in [0, 0.05) is 19.0 Å². The summed E-state index contributed by atoms with van der Waals surface area (Å²) in [5.74, 6) is 0.500. The van der Waals surface area contributed by atoms with E-state index in [0.717, 1.165) is 17.0 Å². The Morgan fingerprint density at radius 3 is 2.88 bits per heavy atom. The molecule has 2 heterocycles. The van der Waals surface area contributed by atoms with Crippen LogP contribution in [0, 0.1) is 6.92 Å². The van der Waals surface area contributed by atoms with E-state index >= 15 is 0 Å². The molecule has 0 saturated heterocycles. The van der Waals surface area contributed by atoms with E-state index in [2.05, 4.69) is 15.6 Å². The average Bonchev–Trinajstić information content (AvgIpc) is 3.15. The molecule has 0 bridgehead atoms. The minimum Gasteiger partial charge on any atom is -0.496 e. The lowest BCUT2D eigenvalue weighted by Crippen LogP contribution is -2.44. The Kier molecular flexibility index (Phi) is 4.48. The Bertz CT molecular complexity index is 827. The summed E-state index contributed by atoms with van der Waals surface area (Å²) in [6.45, 7) is 4.04. The van der Waals surface area contributed by atoms with Gasteiger partial charge in [0.25, 0.3) is 5.91 Å². The third kappa shape index (κ3) is 3.35. The van der Waals surface area contributed by atoms with Gasteiger partial charge >= 0.3 is 0 Å². The van der Waals surface area contributed by atoms with E-state index in [1.54, 1.807) is 18.7 Å². The van der Waals surface area contributed by atoms with Gasteiger partial charge in [-0.15, -0.1) is 0 Å². The van der Waals surface area contributed by atoms with Crippen LogP contribution in [0.5, 0.6) is 5.75 Å². The van der Waals surface area contributed by atoms with Gasteiger partial charge in [0.05, 0.1) is 30.8 Å². The smallest absolute Gasteiger partial charge is 0.267 e. The van der Waals surface area contributed by atoms with E-state index in [9.17, 15) is 4.79 Å². The number of hydrogen-bond acceptors (Lipinski definition) is 5. The Balaban J connectivity index is 1.67. The second-order valence-corrected chi connectivity index (χ2v) is 6.32. The fourth-order valence-electron chi connectivity index (χ4n) is 2.88.